The standard InChI is InChI=1S/C10H11BrN2O/c1-12-6-10(14)13(2)8-4-3-7(11)5-9(8)12/h3-5H,6H2,1-2H3. The van der Waals surface area contributed by atoms with Crippen LogP contribution in [0.25, 0.3) is 0 Å². The van der Waals surface area contributed by atoms with Gasteiger partial charge in [0.25, 0.3) is 0 Å². The first-order valence-corrected chi connectivity index (χ1v) is 5.16. The van der Waals surface area contributed by atoms with Gasteiger partial charge in [-0.2, -0.15) is 0 Å². The van der Waals surface area contributed by atoms with Crippen LogP contribution in [0, 0.1) is 0 Å². The van der Waals surface area contributed by atoms with Gasteiger partial charge in [0.05, 0.1) is 17.9 Å². The third-order valence-electron chi connectivity index (χ3n) is 2.46. The van der Waals surface area contributed by atoms with Crippen LogP contribution in [-0.4, -0.2) is 26.5 Å². The van der Waals surface area contributed by atoms with E-state index in [1.165, 1.54) is 0 Å². The number of amides is 1. The van der Waals surface area contributed by atoms with Crippen LogP contribution in [0.1, 0.15) is 0 Å². The van der Waals surface area contributed by atoms with Crippen LogP contribution in [0.2, 0.25) is 0 Å². The number of benzene rings is 1. The molecule has 0 aliphatic carbocycles. The molecule has 3 nitrogen and oxygen atoms in total. The molecule has 0 saturated heterocycles. The summed E-state index contributed by atoms with van der Waals surface area (Å²) in [4.78, 5) is 15.2. The summed E-state index contributed by atoms with van der Waals surface area (Å²) in [6.07, 6.45) is 0. The molecule has 4 heteroatoms. The summed E-state index contributed by atoms with van der Waals surface area (Å²) in [5.41, 5.74) is 2.05. The topological polar surface area (TPSA) is 23.6 Å². The Morgan fingerprint density at radius 1 is 1.29 bits per heavy atom. The monoisotopic (exact) mass is 254 g/mol. The zero-order chi connectivity index (χ0) is 10.3. The second kappa shape index (κ2) is 3.28. The first kappa shape index (κ1) is 9.52. The number of carbonyl (C=O) groups excluding carboxylic acids is 1. The molecule has 0 bridgehead atoms. The first-order valence-electron chi connectivity index (χ1n) is 4.37. The van der Waals surface area contributed by atoms with E-state index in [9.17, 15) is 4.79 Å². The summed E-state index contributed by atoms with van der Waals surface area (Å²) < 4.78 is 1.03. The van der Waals surface area contributed by atoms with Crippen molar-refractivity contribution in [2.75, 3.05) is 30.4 Å². The Labute approximate surface area is 91.4 Å². The molecule has 1 aliphatic rings. The maximum absolute atomic E-state index is 11.5. The molecule has 0 saturated carbocycles. The molecule has 2 rings (SSSR count). The summed E-state index contributed by atoms with van der Waals surface area (Å²) in [5, 5.41) is 0. The third kappa shape index (κ3) is 1.39. The molecule has 0 aromatic heterocycles. The predicted octanol–water partition coefficient (Wildman–Crippen LogP) is 1.86. The van der Waals surface area contributed by atoms with Crippen LogP contribution in [-0.2, 0) is 4.79 Å². The number of nitrogens with zero attached hydrogens (tertiary/aromatic N) is 2. The molecular formula is C10H11BrN2O. The highest BCUT2D eigenvalue weighted by molar-refractivity contribution is 9.10. The van der Waals surface area contributed by atoms with Crippen LogP contribution in [0.5, 0.6) is 0 Å². The summed E-state index contributed by atoms with van der Waals surface area (Å²) in [6, 6.07) is 5.92. The Hall–Kier alpha value is -1.03. The summed E-state index contributed by atoms with van der Waals surface area (Å²) in [6.45, 7) is 0.444. The molecule has 0 spiro atoms. The van der Waals surface area contributed by atoms with Crippen LogP contribution < -0.4 is 9.80 Å². The maximum Gasteiger partial charge on any atom is 0.246 e. The highest BCUT2D eigenvalue weighted by Gasteiger charge is 2.23. The van der Waals surface area contributed by atoms with Gasteiger partial charge >= 0.3 is 0 Å². The quantitative estimate of drug-likeness (QED) is 0.706. The predicted molar refractivity (Wildman–Crippen MR) is 60.8 cm³/mol. The van der Waals surface area contributed by atoms with Gasteiger partial charge in [-0.15, -0.1) is 0 Å². The lowest BCUT2D eigenvalue weighted by molar-refractivity contribution is -0.117. The first-order chi connectivity index (χ1) is 6.59. The van der Waals surface area contributed by atoms with E-state index < -0.39 is 0 Å². The van der Waals surface area contributed by atoms with Crippen molar-refractivity contribution in [3.05, 3.63) is 22.7 Å². The molecular weight excluding hydrogens is 244 g/mol. The van der Waals surface area contributed by atoms with Crippen molar-refractivity contribution < 1.29 is 4.79 Å². The van der Waals surface area contributed by atoms with Gasteiger partial charge in [-0.25, -0.2) is 0 Å². The number of likely N-dealkylation sites (N-methyl/N-ethyl adjacent to an activating group) is 2. The minimum Gasteiger partial charge on any atom is -0.364 e. The molecule has 0 N–H and O–H groups in total. The Kier molecular flexibility index (Phi) is 2.23. The zero-order valence-corrected chi connectivity index (χ0v) is 9.71. The SMILES string of the molecule is CN1CC(=O)N(C)c2ccc(Br)cc21. The lowest BCUT2D eigenvalue weighted by Gasteiger charge is -2.33. The van der Waals surface area contributed by atoms with Crippen molar-refractivity contribution in [3.63, 3.8) is 0 Å². The second-order valence-electron chi connectivity index (χ2n) is 3.44. The Balaban J connectivity index is 2.55. The minimum absolute atomic E-state index is 0.127. The third-order valence-corrected chi connectivity index (χ3v) is 2.95. The van der Waals surface area contributed by atoms with Crippen molar-refractivity contribution in [1.82, 2.24) is 0 Å². The van der Waals surface area contributed by atoms with Crippen LogP contribution in [0.3, 0.4) is 0 Å². The molecule has 0 atom stereocenters. The van der Waals surface area contributed by atoms with Crippen molar-refractivity contribution in [1.29, 1.82) is 0 Å². The van der Waals surface area contributed by atoms with Crippen LogP contribution in [0.15, 0.2) is 22.7 Å². The van der Waals surface area contributed by atoms with E-state index in [0.29, 0.717) is 6.54 Å². The summed E-state index contributed by atoms with van der Waals surface area (Å²) in [7, 11) is 3.73. The fourth-order valence-electron chi connectivity index (χ4n) is 1.61. The number of hydrogen-bond donors (Lipinski definition) is 0. The Morgan fingerprint density at radius 2 is 2.00 bits per heavy atom. The van der Waals surface area contributed by atoms with Crippen molar-refractivity contribution in [2.45, 2.75) is 0 Å². The molecule has 1 heterocycles. The Morgan fingerprint density at radius 3 is 2.71 bits per heavy atom. The number of fused-ring (bicyclic) bond motifs is 1. The van der Waals surface area contributed by atoms with E-state index in [0.717, 1.165) is 15.8 Å². The van der Waals surface area contributed by atoms with E-state index in [-0.39, 0.29) is 5.91 Å². The molecule has 1 aromatic carbocycles. The molecule has 14 heavy (non-hydrogen) atoms. The smallest absolute Gasteiger partial charge is 0.246 e. The molecule has 1 aliphatic heterocycles. The molecule has 0 unspecified atom stereocenters. The maximum atomic E-state index is 11.5. The van der Waals surface area contributed by atoms with Gasteiger partial charge in [-0.05, 0) is 18.2 Å². The van der Waals surface area contributed by atoms with Crippen LogP contribution >= 0.6 is 15.9 Å². The van der Waals surface area contributed by atoms with Gasteiger partial charge in [0.2, 0.25) is 5.91 Å². The highest BCUT2D eigenvalue weighted by Crippen LogP contribution is 2.33. The van der Waals surface area contributed by atoms with Gasteiger partial charge < -0.3 is 9.80 Å². The van der Waals surface area contributed by atoms with Crippen molar-refractivity contribution in [3.8, 4) is 0 Å². The van der Waals surface area contributed by atoms with Crippen molar-refractivity contribution in [2.24, 2.45) is 0 Å². The summed E-state index contributed by atoms with van der Waals surface area (Å²) >= 11 is 3.42. The molecule has 74 valence electrons. The fraction of sp³-hybridized carbons (Fsp3) is 0.300. The number of anilines is 2. The van der Waals surface area contributed by atoms with Gasteiger partial charge in [0.1, 0.15) is 0 Å². The number of rotatable bonds is 0. The number of carbonyl (C=O) groups is 1. The lowest BCUT2D eigenvalue weighted by Crippen LogP contribution is -2.41. The average molecular weight is 255 g/mol. The van der Waals surface area contributed by atoms with Gasteiger partial charge in [0, 0.05) is 18.6 Å². The largest absolute Gasteiger partial charge is 0.364 e. The zero-order valence-electron chi connectivity index (χ0n) is 8.12. The minimum atomic E-state index is 0.127. The van der Waals surface area contributed by atoms with Gasteiger partial charge in [0.15, 0.2) is 0 Å². The normalized spacial score (nSPS) is 15.8. The molecule has 0 fully saturated rings. The van der Waals surface area contributed by atoms with E-state index in [1.807, 2.05) is 37.2 Å². The summed E-state index contributed by atoms with van der Waals surface area (Å²) in [5.74, 6) is 0.127. The van der Waals surface area contributed by atoms with E-state index in [1.54, 1.807) is 4.90 Å². The number of hydrogen-bond acceptors (Lipinski definition) is 2. The van der Waals surface area contributed by atoms with E-state index >= 15 is 0 Å². The molecule has 1 aromatic rings. The van der Waals surface area contributed by atoms with E-state index in [4.69, 9.17) is 0 Å². The lowest BCUT2D eigenvalue weighted by atomic mass is 10.2. The van der Waals surface area contributed by atoms with Gasteiger partial charge in [-0.1, -0.05) is 15.9 Å². The van der Waals surface area contributed by atoms with E-state index in [2.05, 4.69) is 15.9 Å². The second-order valence-corrected chi connectivity index (χ2v) is 4.36. The Bertz CT molecular complexity index is 392. The average Bonchev–Trinajstić information content (AvgIpc) is 2.14. The van der Waals surface area contributed by atoms with Gasteiger partial charge in [-0.3, -0.25) is 4.79 Å². The highest BCUT2D eigenvalue weighted by atomic mass is 79.9. The number of halogens is 1. The molecule has 0 radical (unpaired) electrons. The molecule has 1 amide bonds. The van der Waals surface area contributed by atoms with Crippen LogP contribution in [0.4, 0.5) is 11.4 Å². The van der Waals surface area contributed by atoms with Crippen molar-refractivity contribution >= 4 is 33.2 Å². The fourth-order valence-corrected chi connectivity index (χ4v) is 1.96.